The molecule has 198 valence electrons. The lowest BCUT2D eigenvalue weighted by Crippen LogP contribution is -2.16. The summed E-state index contributed by atoms with van der Waals surface area (Å²) in [5, 5.41) is 13.2. The number of aryl methyl sites for hydroxylation is 1. The van der Waals surface area contributed by atoms with Gasteiger partial charge in [-0.2, -0.15) is 0 Å². The zero-order valence-corrected chi connectivity index (χ0v) is 24.1. The number of methoxy groups -OCH3 is 1. The summed E-state index contributed by atoms with van der Waals surface area (Å²) < 4.78 is 12.7. The van der Waals surface area contributed by atoms with E-state index in [1.165, 1.54) is 30.2 Å². The Bertz CT molecular complexity index is 1470. The normalized spacial score (nSPS) is 11.7. The number of amides is 1. The summed E-state index contributed by atoms with van der Waals surface area (Å²) in [4.78, 5) is 26.4. The van der Waals surface area contributed by atoms with Crippen LogP contribution in [0.4, 0.5) is 5.00 Å². The molecule has 2 aromatic carbocycles. The van der Waals surface area contributed by atoms with Gasteiger partial charge in [0, 0.05) is 22.5 Å². The van der Waals surface area contributed by atoms with Crippen molar-refractivity contribution in [1.29, 1.82) is 0 Å². The number of benzene rings is 2. The van der Waals surface area contributed by atoms with Crippen LogP contribution in [0, 0.1) is 6.92 Å². The second-order valence-corrected chi connectivity index (χ2v) is 11.2. The number of carbonyl (C=O) groups excluding carboxylic acids is 2. The van der Waals surface area contributed by atoms with Crippen molar-refractivity contribution in [3.8, 4) is 16.9 Å². The Kier molecular flexibility index (Phi) is 8.99. The predicted molar refractivity (Wildman–Crippen MR) is 152 cm³/mol. The number of esters is 1. The average molecular weight is 592 g/mol. The van der Waals surface area contributed by atoms with Crippen LogP contribution in [-0.2, 0) is 16.6 Å². The van der Waals surface area contributed by atoms with Crippen LogP contribution in [0.15, 0.2) is 53.7 Å². The molecule has 1 amide bonds. The minimum Gasteiger partial charge on any atom is -0.481 e. The van der Waals surface area contributed by atoms with Crippen molar-refractivity contribution in [2.45, 2.75) is 25.1 Å². The first-order chi connectivity index (χ1) is 18.2. The molecule has 2 heterocycles. The number of nitrogens with one attached hydrogen (secondary N) is 1. The third kappa shape index (κ3) is 6.15. The molecule has 2 aromatic heterocycles. The molecule has 0 spiro atoms. The summed E-state index contributed by atoms with van der Waals surface area (Å²) in [6.45, 7) is 3.74. The molecule has 38 heavy (non-hydrogen) atoms. The first-order valence-electron chi connectivity index (χ1n) is 11.4. The van der Waals surface area contributed by atoms with Gasteiger partial charge in [0.25, 0.3) is 0 Å². The molecule has 0 aliphatic carbocycles. The van der Waals surface area contributed by atoms with E-state index in [0.29, 0.717) is 37.3 Å². The Hall–Kier alpha value is -3.05. The monoisotopic (exact) mass is 590 g/mol. The number of carbonyl (C=O) groups is 2. The van der Waals surface area contributed by atoms with E-state index in [-0.39, 0.29) is 11.7 Å². The number of rotatable bonds is 9. The highest BCUT2D eigenvalue weighted by Gasteiger charge is 2.25. The lowest BCUT2D eigenvalue weighted by atomic mass is 10.0. The van der Waals surface area contributed by atoms with Crippen LogP contribution in [0.1, 0.15) is 34.1 Å². The first kappa shape index (κ1) is 28.0. The molecule has 0 radical (unpaired) electrons. The van der Waals surface area contributed by atoms with Gasteiger partial charge in [0.05, 0.1) is 17.9 Å². The number of halogens is 2. The van der Waals surface area contributed by atoms with Gasteiger partial charge in [-0.3, -0.25) is 4.79 Å². The van der Waals surface area contributed by atoms with Gasteiger partial charge in [-0.05, 0) is 37.6 Å². The topological polar surface area (TPSA) is 95.3 Å². The first-order valence-corrected chi connectivity index (χ1v) is 14.0. The van der Waals surface area contributed by atoms with Crippen LogP contribution >= 0.6 is 46.3 Å². The summed E-state index contributed by atoms with van der Waals surface area (Å²) >= 11 is 14.7. The molecular formula is C26H24Cl2N4O4S2. The van der Waals surface area contributed by atoms with Crippen LogP contribution in [0.5, 0.6) is 5.75 Å². The molecule has 4 rings (SSSR count). The number of ether oxygens (including phenoxy) is 2. The molecular weight excluding hydrogens is 567 g/mol. The van der Waals surface area contributed by atoms with Crippen LogP contribution in [0.25, 0.3) is 11.1 Å². The lowest BCUT2D eigenvalue weighted by Gasteiger charge is -2.15. The summed E-state index contributed by atoms with van der Waals surface area (Å²) in [5.74, 6) is 0.297. The molecule has 8 nitrogen and oxygen atoms in total. The zero-order chi connectivity index (χ0) is 27.4. The number of thioether (sulfide) groups is 1. The van der Waals surface area contributed by atoms with Crippen molar-refractivity contribution in [2.24, 2.45) is 7.05 Å². The standard InChI is InChI=1S/C26H24Cl2N4O4S2/c1-14(36-19-11-10-17(27)12-18(19)28)23-30-31-26(32(23)3)37-13-20(33)29-24-22(25(34)35-4)21(15(2)38-24)16-8-6-5-7-9-16/h5-12,14H,13H2,1-4H3,(H,29,33). The molecule has 12 heteroatoms. The van der Waals surface area contributed by atoms with E-state index in [1.54, 1.807) is 29.8 Å². The van der Waals surface area contributed by atoms with E-state index in [0.717, 1.165) is 16.0 Å². The molecule has 0 aliphatic heterocycles. The molecule has 0 fully saturated rings. The molecule has 4 aromatic rings. The smallest absolute Gasteiger partial charge is 0.341 e. The van der Waals surface area contributed by atoms with Crippen LogP contribution in [0.2, 0.25) is 10.0 Å². The Morgan fingerprint density at radius 2 is 1.89 bits per heavy atom. The average Bonchev–Trinajstić information content (AvgIpc) is 3.43. The largest absolute Gasteiger partial charge is 0.481 e. The maximum absolute atomic E-state index is 12.9. The highest BCUT2D eigenvalue weighted by molar-refractivity contribution is 7.99. The van der Waals surface area contributed by atoms with E-state index in [4.69, 9.17) is 32.7 Å². The van der Waals surface area contributed by atoms with Crippen LogP contribution < -0.4 is 10.1 Å². The number of hydrogen-bond acceptors (Lipinski definition) is 8. The maximum atomic E-state index is 12.9. The van der Waals surface area contributed by atoms with Gasteiger partial charge in [0.2, 0.25) is 5.91 Å². The van der Waals surface area contributed by atoms with Gasteiger partial charge in [-0.15, -0.1) is 21.5 Å². The SMILES string of the molecule is COC(=O)c1c(NC(=O)CSc2nnc(C(C)Oc3ccc(Cl)cc3Cl)n2C)sc(C)c1-c1ccccc1. The van der Waals surface area contributed by atoms with Gasteiger partial charge in [0.15, 0.2) is 17.1 Å². The van der Waals surface area contributed by atoms with E-state index in [2.05, 4.69) is 15.5 Å². The fourth-order valence-corrected chi connectivity index (χ4v) is 6.05. The Morgan fingerprint density at radius 3 is 2.58 bits per heavy atom. The van der Waals surface area contributed by atoms with Crippen molar-refractivity contribution in [3.05, 3.63) is 74.8 Å². The summed E-state index contributed by atoms with van der Waals surface area (Å²) in [7, 11) is 3.12. The molecule has 1 atom stereocenters. The maximum Gasteiger partial charge on any atom is 0.341 e. The fourth-order valence-electron chi connectivity index (χ4n) is 3.79. The highest BCUT2D eigenvalue weighted by atomic mass is 35.5. The highest BCUT2D eigenvalue weighted by Crippen LogP contribution is 2.40. The number of aromatic nitrogens is 3. The van der Waals surface area contributed by atoms with Crippen LogP contribution in [0.3, 0.4) is 0 Å². The van der Waals surface area contributed by atoms with Crippen molar-refractivity contribution in [2.75, 3.05) is 18.2 Å². The fraction of sp³-hybridized carbons (Fsp3) is 0.231. The minimum atomic E-state index is -0.510. The summed E-state index contributed by atoms with van der Waals surface area (Å²) in [6.07, 6.45) is -0.456. The third-order valence-electron chi connectivity index (χ3n) is 5.55. The van der Waals surface area contributed by atoms with Crippen molar-refractivity contribution >= 4 is 63.2 Å². The van der Waals surface area contributed by atoms with Gasteiger partial charge >= 0.3 is 5.97 Å². The molecule has 0 bridgehead atoms. The number of thiophene rings is 1. The van der Waals surface area contributed by atoms with E-state index < -0.39 is 12.1 Å². The van der Waals surface area contributed by atoms with E-state index in [9.17, 15) is 9.59 Å². The number of anilines is 1. The molecule has 0 saturated heterocycles. The van der Waals surface area contributed by atoms with Crippen LogP contribution in [-0.4, -0.2) is 39.5 Å². The Labute approximate surface area is 238 Å². The minimum absolute atomic E-state index is 0.0580. The van der Waals surface area contributed by atoms with Crippen molar-refractivity contribution in [1.82, 2.24) is 14.8 Å². The number of nitrogens with zero attached hydrogens (tertiary/aromatic N) is 3. The quantitative estimate of drug-likeness (QED) is 0.169. The molecule has 1 N–H and O–H groups in total. The van der Waals surface area contributed by atoms with Gasteiger partial charge < -0.3 is 19.4 Å². The number of hydrogen-bond donors (Lipinski definition) is 1. The molecule has 0 saturated carbocycles. The zero-order valence-electron chi connectivity index (χ0n) is 21.0. The van der Waals surface area contributed by atoms with Crippen molar-refractivity contribution in [3.63, 3.8) is 0 Å². The Morgan fingerprint density at radius 1 is 1.16 bits per heavy atom. The van der Waals surface area contributed by atoms with Gasteiger partial charge in [-0.25, -0.2) is 4.79 Å². The van der Waals surface area contributed by atoms with Gasteiger partial charge in [-0.1, -0.05) is 65.3 Å². The van der Waals surface area contributed by atoms with Gasteiger partial charge in [0.1, 0.15) is 16.3 Å². The van der Waals surface area contributed by atoms with Crippen molar-refractivity contribution < 1.29 is 19.1 Å². The second-order valence-electron chi connectivity index (χ2n) is 8.17. The third-order valence-corrected chi connectivity index (χ3v) is 8.12. The summed E-state index contributed by atoms with van der Waals surface area (Å²) in [5.41, 5.74) is 1.96. The van der Waals surface area contributed by atoms with E-state index in [1.807, 2.05) is 44.2 Å². The predicted octanol–water partition coefficient (Wildman–Crippen LogP) is 6.82. The molecule has 1 unspecified atom stereocenters. The summed E-state index contributed by atoms with van der Waals surface area (Å²) in [6, 6.07) is 14.5. The van der Waals surface area contributed by atoms with E-state index >= 15 is 0 Å². The Balaban J connectivity index is 1.45. The lowest BCUT2D eigenvalue weighted by molar-refractivity contribution is -0.113. The molecule has 0 aliphatic rings. The second kappa shape index (κ2) is 12.2.